The molecule has 0 unspecified atom stereocenters. The number of nitrogens with zero attached hydrogens (tertiary/aromatic N) is 1. The van der Waals surface area contributed by atoms with Crippen LogP contribution < -0.4 is 4.74 Å². The molecular formula is C16H13ClF3NO. The number of ether oxygens (including phenoxy) is 1. The molecule has 22 heavy (non-hydrogen) atoms. The molecule has 0 aliphatic carbocycles. The summed E-state index contributed by atoms with van der Waals surface area (Å²) < 4.78 is 44.1. The number of benzene rings is 1. The molecule has 0 fully saturated rings. The number of halogens is 4. The van der Waals surface area contributed by atoms with Gasteiger partial charge in [-0.3, -0.25) is 4.98 Å². The molecule has 0 spiro atoms. The fourth-order valence-corrected chi connectivity index (χ4v) is 3.06. The van der Waals surface area contributed by atoms with Crippen molar-refractivity contribution in [1.82, 2.24) is 4.98 Å². The first kappa shape index (κ1) is 15.2. The molecule has 0 saturated carbocycles. The van der Waals surface area contributed by atoms with Crippen LogP contribution in [0, 0.1) is 0 Å². The van der Waals surface area contributed by atoms with Crippen LogP contribution in [0.1, 0.15) is 30.2 Å². The van der Waals surface area contributed by atoms with Crippen molar-refractivity contribution < 1.29 is 17.9 Å². The molecule has 3 rings (SSSR count). The van der Waals surface area contributed by atoms with Crippen LogP contribution in [0.2, 0.25) is 5.02 Å². The van der Waals surface area contributed by atoms with Crippen molar-refractivity contribution in [3.63, 3.8) is 0 Å². The molecule has 2 nitrogen and oxygen atoms in total. The average molecular weight is 328 g/mol. The number of pyridine rings is 1. The van der Waals surface area contributed by atoms with Crippen molar-refractivity contribution in [3.8, 4) is 5.75 Å². The lowest BCUT2D eigenvalue weighted by Gasteiger charge is -2.35. The first-order valence-electron chi connectivity index (χ1n) is 6.78. The SMILES string of the molecule is C[C@]1(c2ccc(C(F)(F)F)c(Cl)c2)CCOc2cccnc21. The van der Waals surface area contributed by atoms with Gasteiger partial charge in [0.15, 0.2) is 0 Å². The lowest BCUT2D eigenvalue weighted by atomic mass is 9.75. The van der Waals surface area contributed by atoms with Crippen LogP contribution in [0.5, 0.6) is 5.75 Å². The summed E-state index contributed by atoms with van der Waals surface area (Å²) in [5, 5.41) is -0.296. The Hall–Kier alpha value is -1.75. The summed E-state index contributed by atoms with van der Waals surface area (Å²) in [6.45, 7) is 2.42. The Balaban J connectivity index is 2.10. The first-order valence-corrected chi connectivity index (χ1v) is 7.16. The van der Waals surface area contributed by atoms with Crippen LogP contribution in [0.3, 0.4) is 0 Å². The zero-order valence-electron chi connectivity index (χ0n) is 11.7. The molecule has 0 N–H and O–H groups in total. The van der Waals surface area contributed by atoms with Gasteiger partial charge in [-0.05, 0) is 43.2 Å². The van der Waals surface area contributed by atoms with Gasteiger partial charge in [0.05, 0.1) is 22.9 Å². The lowest BCUT2D eigenvalue weighted by molar-refractivity contribution is -0.137. The van der Waals surface area contributed by atoms with Gasteiger partial charge in [-0.25, -0.2) is 0 Å². The molecule has 0 bridgehead atoms. The maximum absolute atomic E-state index is 12.8. The second-order valence-corrected chi connectivity index (χ2v) is 5.88. The van der Waals surface area contributed by atoms with E-state index in [0.717, 1.165) is 11.8 Å². The number of alkyl halides is 3. The standard InChI is InChI=1S/C16H13ClF3NO/c1-15(6-8-22-13-3-2-7-21-14(13)15)10-4-5-11(12(17)9-10)16(18,19)20/h2-5,7,9H,6,8H2,1H3/t15-/m1/s1. The van der Waals surface area contributed by atoms with E-state index < -0.39 is 17.2 Å². The molecule has 1 aromatic heterocycles. The molecule has 0 radical (unpaired) electrons. The van der Waals surface area contributed by atoms with Crippen LogP contribution in [-0.4, -0.2) is 11.6 Å². The Morgan fingerprint density at radius 1 is 1.27 bits per heavy atom. The predicted octanol–water partition coefficient (Wildman–Crippen LogP) is 4.84. The Bertz CT molecular complexity index is 717. The number of hydrogen-bond donors (Lipinski definition) is 0. The fraction of sp³-hybridized carbons (Fsp3) is 0.312. The lowest BCUT2D eigenvalue weighted by Crippen LogP contribution is -2.32. The monoisotopic (exact) mass is 327 g/mol. The van der Waals surface area contributed by atoms with Crippen molar-refractivity contribution in [3.05, 3.63) is 58.4 Å². The molecule has 6 heteroatoms. The zero-order valence-corrected chi connectivity index (χ0v) is 12.5. The van der Waals surface area contributed by atoms with E-state index in [2.05, 4.69) is 4.98 Å². The third-order valence-corrected chi connectivity index (χ3v) is 4.38. The average Bonchev–Trinajstić information content (AvgIpc) is 2.46. The van der Waals surface area contributed by atoms with Crippen molar-refractivity contribution in [2.24, 2.45) is 0 Å². The van der Waals surface area contributed by atoms with Crippen LogP contribution in [0.25, 0.3) is 0 Å². The molecule has 1 aliphatic heterocycles. The largest absolute Gasteiger partial charge is 0.492 e. The van der Waals surface area contributed by atoms with Gasteiger partial charge in [-0.15, -0.1) is 0 Å². The molecule has 2 aromatic rings. The number of aromatic nitrogens is 1. The van der Waals surface area contributed by atoms with Crippen LogP contribution in [0.4, 0.5) is 13.2 Å². The first-order chi connectivity index (χ1) is 10.3. The molecular weight excluding hydrogens is 315 g/mol. The molecule has 0 saturated heterocycles. The second-order valence-electron chi connectivity index (χ2n) is 5.47. The van der Waals surface area contributed by atoms with Gasteiger partial charge < -0.3 is 4.74 Å². The topological polar surface area (TPSA) is 22.1 Å². The molecule has 1 aromatic carbocycles. The Morgan fingerprint density at radius 2 is 2.05 bits per heavy atom. The maximum Gasteiger partial charge on any atom is 0.417 e. The van der Waals surface area contributed by atoms with Crippen LogP contribution in [-0.2, 0) is 11.6 Å². The summed E-state index contributed by atoms with van der Waals surface area (Å²) in [5.74, 6) is 0.660. The molecule has 0 amide bonds. The molecule has 1 aliphatic rings. The van der Waals surface area contributed by atoms with Crippen molar-refractivity contribution in [2.45, 2.75) is 24.9 Å². The number of hydrogen-bond acceptors (Lipinski definition) is 2. The van der Waals surface area contributed by atoms with Gasteiger partial charge in [0.1, 0.15) is 5.75 Å². The smallest absolute Gasteiger partial charge is 0.417 e. The van der Waals surface area contributed by atoms with Gasteiger partial charge in [0.2, 0.25) is 0 Å². The Labute approximate surface area is 130 Å². The van der Waals surface area contributed by atoms with Gasteiger partial charge in [-0.2, -0.15) is 13.2 Å². The van der Waals surface area contributed by atoms with E-state index in [9.17, 15) is 13.2 Å². The fourth-order valence-electron chi connectivity index (χ4n) is 2.77. The summed E-state index contributed by atoms with van der Waals surface area (Å²) in [5.41, 5.74) is 0.0726. The highest BCUT2D eigenvalue weighted by atomic mass is 35.5. The van der Waals surface area contributed by atoms with Gasteiger partial charge in [-0.1, -0.05) is 17.7 Å². The maximum atomic E-state index is 12.8. The van der Waals surface area contributed by atoms with E-state index in [1.807, 2.05) is 13.0 Å². The minimum Gasteiger partial charge on any atom is -0.492 e. The third kappa shape index (κ3) is 2.43. The van der Waals surface area contributed by atoms with Crippen molar-refractivity contribution >= 4 is 11.6 Å². The van der Waals surface area contributed by atoms with Crippen molar-refractivity contribution in [1.29, 1.82) is 0 Å². The highest BCUT2D eigenvalue weighted by Gasteiger charge is 2.38. The highest BCUT2D eigenvalue weighted by Crippen LogP contribution is 2.44. The van der Waals surface area contributed by atoms with Gasteiger partial charge in [0, 0.05) is 11.6 Å². The second kappa shape index (κ2) is 5.16. The Kier molecular flexibility index (Phi) is 3.56. The van der Waals surface area contributed by atoms with Crippen LogP contribution >= 0.6 is 11.6 Å². The normalized spacial score (nSPS) is 21.1. The van der Waals surface area contributed by atoms with Crippen molar-refractivity contribution in [2.75, 3.05) is 6.61 Å². The van der Waals surface area contributed by atoms with E-state index in [-0.39, 0.29) is 5.02 Å². The molecule has 2 heterocycles. The quantitative estimate of drug-likeness (QED) is 0.747. The third-order valence-electron chi connectivity index (χ3n) is 4.06. The summed E-state index contributed by atoms with van der Waals surface area (Å²) in [7, 11) is 0. The van der Waals surface area contributed by atoms with E-state index in [1.54, 1.807) is 12.3 Å². The van der Waals surface area contributed by atoms with E-state index in [4.69, 9.17) is 16.3 Å². The van der Waals surface area contributed by atoms with E-state index in [1.165, 1.54) is 12.1 Å². The predicted molar refractivity (Wildman–Crippen MR) is 77.3 cm³/mol. The number of rotatable bonds is 1. The zero-order chi connectivity index (χ0) is 16.0. The summed E-state index contributed by atoms with van der Waals surface area (Å²) in [4.78, 5) is 4.36. The summed E-state index contributed by atoms with van der Waals surface area (Å²) >= 11 is 5.85. The summed E-state index contributed by atoms with van der Waals surface area (Å²) in [6.07, 6.45) is -2.18. The highest BCUT2D eigenvalue weighted by molar-refractivity contribution is 6.31. The van der Waals surface area contributed by atoms with Gasteiger partial charge in [0.25, 0.3) is 0 Å². The molecule has 1 atom stereocenters. The minimum atomic E-state index is -4.46. The van der Waals surface area contributed by atoms with Crippen LogP contribution in [0.15, 0.2) is 36.5 Å². The molecule has 116 valence electrons. The number of fused-ring (bicyclic) bond motifs is 1. The summed E-state index contributed by atoms with van der Waals surface area (Å²) in [6, 6.07) is 7.46. The van der Waals surface area contributed by atoms with Gasteiger partial charge >= 0.3 is 6.18 Å². The van der Waals surface area contributed by atoms with E-state index >= 15 is 0 Å². The minimum absolute atomic E-state index is 0.296. The Morgan fingerprint density at radius 3 is 2.73 bits per heavy atom. The van der Waals surface area contributed by atoms with E-state index in [0.29, 0.717) is 24.3 Å².